The van der Waals surface area contributed by atoms with E-state index >= 15 is 0 Å². The van der Waals surface area contributed by atoms with Crippen molar-refractivity contribution in [2.45, 2.75) is 12.8 Å². The number of hydrogen-bond acceptors (Lipinski definition) is 3. The molecule has 1 aromatic heterocycles. The minimum Gasteiger partial charge on any atom is -0.326 e. The van der Waals surface area contributed by atoms with Gasteiger partial charge in [0.2, 0.25) is 5.91 Å². The number of anilines is 2. The van der Waals surface area contributed by atoms with Crippen LogP contribution in [0.15, 0.2) is 36.5 Å². The molecule has 106 valence electrons. The monoisotopic (exact) mass is 301 g/mol. The molecule has 0 atom stereocenters. The highest BCUT2D eigenvalue weighted by Crippen LogP contribution is 2.26. The maximum atomic E-state index is 12.1. The predicted molar refractivity (Wildman–Crippen MR) is 80.6 cm³/mol. The summed E-state index contributed by atoms with van der Waals surface area (Å²) in [5.41, 5.74) is 2.79. The van der Waals surface area contributed by atoms with E-state index in [0.717, 1.165) is 11.3 Å². The number of fused-ring (bicyclic) bond motifs is 1. The molecule has 2 aromatic rings. The molecule has 2 amide bonds. The van der Waals surface area contributed by atoms with Crippen molar-refractivity contribution < 1.29 is 9.59 Å². The summed E-state index contributed by atoms with van der Waals surface area (Å²) in [5.74, 6) is -0.297. The van der Waals surface area contributed by atoms with E-state index in [4.69, 9.17) is 11.6 Å². The minimum atomic E-state index is -0.312. The first-order chi connectivity index (χ1) is 10.1. The standard InChI is InChI=1S/C15H12ClN3O2/c16-14-11(2-1-7-17-14)15(21)18-10-4-5-12-9(8-10)3-6-13(20)19-12/h1-2,4-5,7-8H,3,6H2,(H,18,21)(H,19,20). The SMILES string of the molecule is O=C1CCc2cc(NC(=O)c3cccnc3Cl)ccc2N1. The number of aryl methyl sites for hydroxylation is 1. The summed E-state index contributed by atoms with van der Waals surface area (Å²) in [4.78, 5) is 27.3. The molecule has 0 unspecified atom stereocenters. The minimum absolute atomic E-state index is 0.0152. The third kappa shape index (κ3) is 2.87. The van der Waals surface area contributed by atoms with E-state index < -0.39 is 0 Å². The number of carbonyl (C=O) groups is 2. The van der Waals surface area contributed by atoms with Crippen molar-refractivity contribution in [1.29, 1.82) is 0 Å². The quantitative estimate of drug-likeness (QED) is 0.838. The average molecular weight is 302 g/mol. The lowest BCUT2D eigenvalue weighted by molar-refractivity contribution is -0.116. The van der Waals surface area contributed by atoms with Gasteiger partial charge < -0.3 is 10.6 Å². The van der Waals surface area contributed by atoms with Crippen LogP contribution >= 0.6 is 11.6 Å². The van der Waals surface area contributed by atoms with Crippen LogP contribution in [0.25, 0.3) is 0 Å². The van der Waals surface area contributed by atoms with Crippen LogP contribution in [0.2, 0.25) is 5.15 Å². The third-order valence-corrected chi connectivity index (χ3v) is 3.56. The van der Waals surface area contributed by atoms with E-state index in [2.05, 4.69) is 15.6 Å². The Morgan fingerprint density at radius 3 is 2.95 bits per heavy atom. The third-order valence-electron chi connectivity index (χ3n) is 3.26. The van der Waals surface area contributed by atoms with Crippen molar-refractivity contribution >= 4 is 34.8 Å². The Labute approximate surface area is 126 Å². The fourth-order valence-electron chi connectivity index (χ4n) is 2.21. The molecule has 0 radical (unpaired) electrons. The van der Waals surface area contributed by atoms with Gasteiger partial charge in [-0.15, -0.1) is 0 Å². The molecule has 1 aromatic carbocycles. The van der Waals surface area contributed by atoms with Crippen molar-refractivity contribution in [2.75, 3.05) is 10.6 Å². The lowest BCUT2D eigenvalue weighted by atomic mass is 10.0. The van der Waals surface area contributed by atoms with Crippen LogP contribution in [-0.2, 0) is 11.2 Å². The highest BCUT2D eigenvalue weighted by Gasteiger charge is 2.16. The van der Waals surface area contributed by atoms with Crippen molar-refractivity contribution in [2.24, 2.45) is 0 Å². The van der Waals surface area contributed by atoms with Crippen LogP contribution < -0.4 is 10.6 Å². The molecule has 0 spiro atoms. The van der Waals surface area contributed by atoms with Crippen LogP contribution in [-0.4, -0.2) is 16.8 Å². The van der Waals surface area contributed by atoms with Gasteiger partial charge in [0.1, 0.15) is 5.15 Å². The molecule has 6 heteroatoms. The summed E-state index contributed by atoms with van der Waals surface area (Å²) in [6.07, 6.45) is 2.65. The second kappa shape index (κ2) is 5.54. The van der Waals surface area contributed by atoms with E-state index in [1.54, 1.807) is 24.3 Å². The van der Waals surface area contributed by atoms with Gasteiger partial charge in [0, 0.05) is 24.0 Å². The van der Waals surface area contributed by atoms with E-state index in [-0.39, 0.29) is 17.0 Å². The number of nitrogens with one attached hydrogen (secondary N) is 2. The Morgan fingerprint density at radius 2 is 2.14 bits per heavy atom. The number of aromatic nitrogens is 1. The molecule has 0 saturated carbocycles. The average Bonchev–Trinajstić information content (AvgIpc) is 2.48. The molecular formula is C15H12ClN3O2. The zero-order chi connectivity index (χ0) is 14.8. The number of benzene rings is 1. The van der Waals surface area contributed by atoms with Gasteiger partial charge in [-0.05, 0) is 42.3 Å². The van der Waals surface area contributed by atoms with Gasteiger partial charge in [-0.25, -0.2) is 4.98 Å². The van der Waals surface area contributed by atoms with Gasteiger partial charge in [0.25, 0.3) is 5.91 Å². The van der Waals surface area contributed by atoms with Crippen molar-refractivity contribution in [3.63, 3.8) is 0 Å². The maximum absolute atomic E-state index is 12.1. The molecule has 3 rings (SSSR count). The first-order valence-corrected chi connectivity index (χ1v) is 6.86. The maximum Gasteiger partial charge on any atom is 0.258 e. The van der Waals surface area contributed by atoms with E-state index in [9.17, 15) is 9.59 Å². The second-order valence-corrected chi connectivity index (χ2v) is 5.07. The molecule has 1 aliphatic heterocycles. The highest BCUT2D eigenvalue weighted by molar-refractivity contribution is 6.33. The van der Waals surface area contributed by atoms with Gasteiger partial charge in [-0.3, -0.25) is 9.59 Å². The fourth-order valence-corrected chi connectivity index (χ4v) is 2.42. The van der Waals surface area contributed by atoms with Gasteiger partial charge in [0.05, 0.1) is 5.56 Å². The molecule has 2 N–H and O–H groups in total. The summed E-state index contributed by atoms with van der Waals surface area (Å²) >= 11 is 5.90. The normalized spacial score (nSPS) is 13.3. The van der Waals surface area contributed by atoms with Crippen LogP contribution in [0.5, 0.6) is 0 Å². The number of hydrogen-bond donors (Lipinski definition) is 2. The van der Waals surface area contributed by atoms with Gasteiger partial charge >= 0.3 is 0 Å². The second-order valence-electron chi connectivity index (χ2n) is 4.72. The van der Waals surface area contributed by atoms with E-state index in [0.29, 0.717) is 24.1 Å². The van der Waals surface area contributed by atoms with Crippen molar-refractivity contribution in [3.8, 4) is 0 Å². The zero-order valence-corrected chi connectivity index (χ0v) is 11.8. The number of nitrogens with zero attached hydrogens (tertiary/aromatic N) is 1. The molecule has 2 heterocycles. The van der Waals surface area contributed by atoms with Crippen LogP contribution in [0.3, 0.4) is 0 Å². The van der Waals surface area contributed by atoms with Crippen LogP contribution in [0.1, 0.15) is 22.3 Å². The number of halogens is 1. The Hall–Kier alpha value is -2.40. The largest absolute Gasteiger partial charge is 0.326 e. The smallest absolute Gasteiger partial charge is 0.258 e. The number of pyridine rings is 1. The molecule has 0 saturated heterocycles. The molecule has 0 fully saturated rings. The lowest BCUT2D eigenvalue weighted by Gasteiger charge is -2.17. The Kier molecular flexibility index (Phi) is 3.58. The summed E-state index contributed by atoms with van der Waals surface area (Å²) in [6.45, 7) is 0. The van der Waals surface area contributed by atoms with Crippen LogP contribution in [0.4, 0.5) is 11.4 Å². The Morgan fingerprint density at radius 1 is 1.29 bits per heavy atom. The summed E-state index contributed by atoms with van der Waals surface area (Å²) < 4.78 is 0. The summed E-state index contributed by atoms with van der Waals surface area (Å²) in [5, 5.41) is 5.75. The fraction of sp³-hybridized carbons (Fsp3) is 0.133. The summed E-state index contributed by atoms with van der Waals surface area (Å²) in [7, 11) is 0. The van der Waals surface area contributed by atoms with E-state index in [1.807, 2.05) is 6.07 Å². The molecule has 21 heavy (non-hydrogen) atoms. The topological polar surface area (TPSA) is 71.1 Å². The Bertz CT molecular complexity index is 731. The van der Waals surface area contributed by atoms with E-state index in [1.165, 1.54) is 6.20 Å². The first-order valence-electron chi connectivity index (χ1n) is 6.48. The van der Waals surface area contributed by atoms with Crippen molar-refractivity contribution in [1.82, 2.24) is 4.98 Å². The highest BCUT2D eigenvalue weighted by atomic mass is 35.5. The van der Waals surface area contributed by atoms with Crippen molar-refractivity contribution in [3.05, 3.63) is 52.8 Å². The van der Waals surface area contributed by atoms with Crippen LogP contribution in [0, 0.1) is 0 Å². The van der Waals surface area contributed by atoms with Gasteiger partial charge in [0.15, 0.2) is 0 Å². The molecule has 1 aliphatic rings. The predicted octanol–water partition coefficient (Wildman–Crippen LogP) is 2.87. The number of rotatable bonds is 2. The molecular weight excluding hydrogens is 290 g/mol. The summed E-state index contributed by atoms with van der Waals surface area (Å²) in [6, 6.07) is 8.66. The number of amides is 2. The molecule has 5 nitrogen and oxygen atoms in total. The van der Waals surface area contributed by atoms with Gasteiger partial charge in [-0.1, -0.05) is 11.6 Å². The molecule has 0 bridgehead atoms. The molecule has 0 aliphatic carbocycles. The van der Waals surface area contributed by atoms with Gasteiger partial charge in [-0.2, -0.15) is 0 Å². The zero-order valence-electron chi connectivity index (χ0n) is 11.0. The lowest BCUT2D eigenvalue weighted by Crippen LogP contribution is -2.19. The first kappa shape index (κ1) is 13.6. The Balaban J connectivity index is 1.81. The number of carbonyl (C=O) groups excluding carboxylic acids is 2.